The molecule has 1 unspecified atom stereocenters. The molecule has 0 N–H and O–H groups in total. The number of likely N-dealkylation sites (tertiary alicyclic amines) is 1. The summed E-state index contributed by atoms with van der Waals surface area (Å²) in [4.78, 5) is 14.5. The van der Waals surface area contributed by atoms with Gasteiger partial charge in [0.05, 0.1) is 6.61 Å². The molecule has 104 valence electrons. The summed E-state index contributed by atoms with van der Waals surface area (Å²) in [6.45, 7) is 6.33. The maximum Gasteiger partial charge on any atom is 0.327 e. The number of esters is 1. The lowest BCUT2D eigenvalue weighted by Gasteiger charge is -2.33. The summed E-state index contributed by atoms with van der Waals surface area (Å²) in [5.41, 5.74) is 2.26. The van der Waals surface area contributed by atoms with Crippen LogP contribution >= 0.6 is 0 Å². The first-order chi connectivity index (χ1) is 9.22. The van der Waals surface area contributed by atoms with Crippen LogP contribution < -0.4 is 0 Å². The van der Waals surface area contributed by atoms with Gasteiger partial charge in [-0.3, -0.25) is 4.90 Å². The van der Waals surface area contributed by atoms with Crippen LogP contribution in [0.15, 0.2) is 24.3 Å². The highest BCUT2D eigenvalue weighted by Crippen LogP contribution is 2.26. The second-order valence-electron chi connectivity index (χ2n) is 5.16. The van der Waals surface area contributed by atoms with E-state index in [4.69, 9.17) is 4.74 Å². The lowest BCUT2D eigenvalue weighted by molar-refractivity contribution is -0.150. The fraction of sp³-hybridized carbons (Fsp3) is 0.562. The van der Waals surface area contributed by atoms with Crippen molar-refractivity contribution in [1.29, 1.82) is 0 Å². The van der Waals surface area contributed by atoms with Crippen LogP contribution in [0, 0.1) is 6.92 Å². The highest BCUT2D eigenvalue weighted by atomic mass is 16.5. The summed E-state index contributed by atoms with van der Waals surface area (Å²) in [5.74, 6) is -0.117. The van der Waals surface area contributed by atoms with Crippen LogP contribution in [0.5, 0.6) is 0 Å². The van der Waals surface area contributed by atoms with Crippen LogP contribution in [0.3, 0.4) is 0 Å². The molecule has 0 aromatic heterocycles. The standard InChI is InChI=1S/C16H23NO2/c1-3-19-16(18)15(17-11-5-4-6-12-17)14-9-7-13(2)8-10-14/h7-10,15H,3-6,11-12H2,1-2H3. The van der Waals surface area contributed by atoms with Crippen molar-refractivity contribution in [2.75, 3.05) is 19.7 Å². The number of aryl methyl sites for hydroxylation is 1. The molecule has 0 amide bonds. The largest absolute Gasteiger partial charge is 0.465 e. The molecule has 2 rings (SSSR count). The lowest BCUT2D eigenvalue weighted by atomic mass is 10.0. The van der Waals surface area contributed by atoms with Crippen LogP contribution in [-0.2, 0) is 9.53 Å². The Bertz CT molecular complexity index is 407. The number of ether oxygens (including phenoxy) is 1. The molecule has 0 bridgehead atoms. The summed E-state index contributed by atoms with van der Waals surface area (Å²) in [6.07, 6.45) is 3.60. The molecule has 1 aromatic carbocycles. The Kier molecular flexibility index (Phi) is 4.97. The van der Waals surface area contributed by atoms with E-state index in [9.17, 15) is 4.79 Å². The van der Waals surface area contributed by atoms with Crippen molar-refractivity contribution in [2.45, 2.75) is 39.2 Å². The molecule has 0 aliphatic carbocycles. The molecule has 1 saturated heterocycles. The molecular weight excluding hydrogens is 238 g/mol. The van der Waals surface area contributed by atoms with Gasteiger partial charge >= 0.3 is 5.97 Å². The average Bonchev–Trinajstić information content (AvgIpc) is 2.43. The molecule has 0 radical (unpaired) electrons. The van der Waals surface area contributed by atoms with Crippen molar-refractivity contribution in [3.8, 4) is 0 Å². The van der Waals surface area contributed by atoms with E-state index in [-0.39, 0.29) is 12.0 Å². The smallest absolute Gasteiger partial charge is 0.327 e. The maximum atomic E-state index is 12.3. The first-order valence-electron chi connectivity index (χ1n) is 7.19. The number of benzene rings is 1. The monoisotopic (exact) mass is 261 g/mol. The fourth-order valence-corrected chi connectivity index (χ4v) is 2.64. The van der Waals surface area contributed by atoms with E-state index in [2.05, 4.69) is 24.0 Å². The van der Waals surface area contributed by atoms with Crippen molar-refractivity contribution < 1.29 is 9.53 Å². The van der Waals surface area contributed by atoms with Crippen LogP contribution in [0.4, 0.5) is 0 Å². The van der Waals surface area contributed by atoms with Crippen LogP contribution in [0.1, 0.15) is 43.4 Å². The Labute approximate surface area is 115 Å². The second-order valence-corrected chi connectivity index (χ2v) is 5.16. The van der Waals surface area contributed by atoms with Crippen molar-refractivity contribution in [2.24, 2.45) is 0 Å². The third-order valence-corrected chi connectivity index (χ3v) is 3.66. The summed E-state index contributed by atoms with van der Waals surface area (Å²) >= 11 is 0. The quantitative estimate of drug-likeness (QED) is 0.780. The zero-order valence-corrected chi connectivity index (χ0v) is 11.9. The highest BCUT2D eigenvalue weighted by molar-refractivity contribution is 5.77. The van der Waals surface area contributed by atoms with E-state index in [0.717, 1.165) is 18.7 Å². The van der Waals surface area contributed by atoms with E-state index < -0.39 is 0 Å². The van der Waals surface area contributed by atoms with Crippen molar-refractivity contribution >= 4 is 5.97 Å². The number of hydrogen-bond acceptors (Lipinski definition) is 3. The number of carbonyl (C=O) groups is 1. The van der Waals surface area contributed by atoms with Gasteiger partial charge in [-0.05, 0) is 45.3 Å². The molecule has 0 saturated carbocycles. The van der Waals surface area contributed by atoms with Crippen molar-refractivity contribution in [3.63, 3.8) is 0 Å². The molecular formula is C16H23NO2. The summed E-state index contributed by atoms with van der Waals surface area (Å²) in [6, 6.07) is 7.98. The van der Waals surface area contributed by atoms with Gasteiger partial charge in [-0.15, -0.1) is 0 Å². The van der Waals surface area contributed by atoms with Crippen LogP contribution in [0.25, 0.3) is 0 Å². The minimum atomic E-state index is -0.235. The Morgan fingerprint density at radius 2 is 1.84 bits per heavy atom. The third kappa shape index (κ3) is 3.57. The van der Waals surface area contributed by atoms with Gasteiger partial charge in [0.2, 0.25) is 0 Å². The van der Waals surface area contributed by atoms with Gasteiger partial charge in [-0.25, -0.2) is 4.79 Å². The molecule has 3 heteroatoms. The topological polar surface area (TPSA) is 29.5 Å². The number of carbonyl (C=O) groups excluding carboxylic acids is 1. The Hall–Kier alpha value is -1.35. The van der Waals surface area contributed by atoms with Crippen molar-refractivity contribution in [3.05, 3.63) is 35.4 Å². The summed E-state index contributed by atoms with van der Waals surface area (Å²) in [7, 11) is 0. The van der Waals surface area contributed by atoms with E-state index in [1.54, 1.807) is 0 Å². The zero-order chi connectivity index (χ0) is 13.7. The Balaban J connectivity index is 2.22. The molecule has 1 aliphatic heterocycles. The Morgan fingerprint density at radius 3 is 2.42 bits per heavy atom. The van der Waals surface area contributed by atoms with E-state index in [1.807, 2.05) is 19.1 Å². The third-order valence-electron chi connectivity index (χ3n) is 3.66. The van der Waals surface area contributed by atoms with Gasteiger partial charge in [-0.2, -0.15) is 0 Å². The predicted molar refractivity (Wildman–Crippen MR) is 76.0 cm³/mol. The molecule has 1 aromatic rings. The van der Waals surface area contributed by atoms with Gasteiger partial charge in [0.25, 0.3) is 0 Å². The first-order valence-corrected chi connectivity index (χ1v) is 7.19. The van der Waals surface area contributed by atoms with Gasteiger partial charge in [0.1, 0.15) is 6.04 Å². The SMILES string of the molecule is CCOC(=O)C(c1ccc(C)cc1)N1CCCCC1. The van der Waals surface area contributed by atoms with E-state index >= 15 is 0 Å². The predicted octanol–water partition coefficient (Wildman–Crippen LogP) is 3.09. The Morgan fingerprint density at radius 1 is 1.21 bits per heavy atom. The molecule has 1 aliphatic rings. The number of piperidine rings is 1. The molecule has 3 nitrogen and oxygen atoms in total. The normalized spacial score (nSPS) is 18.0. The first kappa shape index (κ1) is 14.1. The molecule has 1 fully saturated rings. The average molecular weight is 261 g/mol. The van der Waals surface area contributed by atoms with E-state index in [1.165, 1.54) is 24.8 Å². The lowest BCUT2D eigenvalue weighted by Crippen LogP contribution is -2.38. The number of nitrogens with zero attached hydrogens (tertiary/aromatic N) is 1. The minimum Gasteiger partial charge on any atom is -0.465 e. The summed E-state index contributed by atoms with van der Waals surface area (Å²) in [5, 5.41) is 0. The van der Waals surface area contributed by atoms with Gasteiger partial charge in [-0.1, -0.05) is 36.2 Å². The molecule has 1 heterocycles. The zero-order valence-electron chi connectivity index (χ0n) is 11.9. The van der Waals surface area contributed by atoms with Crippen LogP contribution in [0.2, 0.25) is 0 Å². The summed E-state index contributed by atoms with van der Waals surface area (Å²) < 4.78 is 5.26. The van der Waals surface area contributed by atoms with Crippen LogP contribution in [-0.4, -0.2) is 30.6 Å². The molecule has 1 atom stereocenters. The van der Waals surface area contributed by atoms with Gasteiger partial charge in [0, 0.05) is 0 Å². The second kappa shape index (κ2) is 6.71. The van der Waals surface area contributed by atoms with Gasteiger partial charge < -0.3 is 4.74 Å². The maximum absolute atomic E-state index is 12.3. The van der Waals surface area contributed by atoms with Gasteiger partial charge in [0.15, 0.2) is 0 Å². The number of rotatable bonds is 4. The molecule has 0 spiro atoms. The molecule has 19 heavy (non-hydrogen) atoms. The fourth-order valence-electron chi connectivity index (χ4n) is 2.64. The van der Waals surface area contributed by atoms with Crippen molar-refractivity contribution in [1.82, 2.24) is 4.90 Å². The minimum absolute atomic E-state index is 0.117. The van der Waals surface area contributed by atoms with E-state index in [0.29, 0.717) is 6.61 Å². The number of hydrogen-bond donors (Lipinski definition) is 0. The highest BCUT2D eigenvalue weighted by Gasteiger charge is 2.29.